The smallest absolute Gasteiger partial charge is 0.0454 e. The molecule has 2 atom stereocenters. The summed E-state index contributed by atoms with van der Waals surface area (Å²) in [5, 5.41) is 4.75. The lowest BCUT2D eigenvalue weighted by Crippen LogP contribution is -2.21. The van der Waals surface area contributed by atoms with Crippen LogP contribution in [0.25, 0.3) is 0 Å². The van der Waals surface area contributed by atoms with E-state index < -0.39 is 10.8 Å². The summed E-state index contributed by atoms with van der Waals surface area (Å²) in [6, 6.07) is 5.60. The van der Waals surface area contributed by atoms with Crippen molar-refractivity contribution in [2.24, 2.45) is 0 Å². The van der Waals surface area contributed by atoms with E-state index in [0.29, 0.717) is 10.0 Å². The zero-order valence-electron chi connectivity index (χ0n) is 10.0. The van der Waals surface area contributed by atoms with Gasteiger partial charge in [-0.05, 0) is 43.7 Å². The third kappa shape index (κ3) is 5.38. The Balaban J connectivity index is 2.49. The van der Waals surface area contributed by atoms with Gasteiger partial charge in [0.15, 0.2) is 0 Å². The highest BCUT2D eigenvalue weighted by molar-refractivity contribution is 7.84. The van der Waals surface area contributed by atoms with Gasteiger partial charge in [0.1, 0.15) is 0 Å². The molecular weight excluding hydrogens is 277 g/mol. The standard InChI is InChI=1S/C12H17Cl2NOS/c1-9(15-6-3-7-17(2)16)11-8-10(13)4-5-12(11)14/h4-5,8-9,15H,3,6-7H2,1-2H3. The van der Waals surface area contributed by atoms with Gasteiger partial charge in [0.25, 0.3) is 0 Å². The average Bonchev–Trinajstić information content (AvgIpc) is 2.27. The fourth-order valence-electron chi connectivity index (χ4n) is 1.55. The zero-order valence-corrected chi connectivity index (χ0v) is 12.3. The van der Waals surface area contributed by atoms with Crippen LogP contribution in [0, 0.1) is 0 Å². The van der Waals surface area contributed by atoms with Gasteiger partial charge < -0.3 is 5.32 Å². The Morgan fingerprint density at radius 2 is 2.12 bits per heavy atom. The molecule has 17 heavy (non-hydrogen) atoms. The lowest BCUT2D eigenvalue weighted by Gasteiger charge is -2.15. The average molecular weight is 294 g/mol. The number of hydrogen-bond acceptors (Lipinski definition) is 2. The summed E-state index contributed by atoms with van der Waals surface area (Å²) in [6.45, 7) is 2.87. The second kappa shape index (κ2) is 7.37. The third-order valence-electron chi connectivity index (χ3n) is 2.48. The number of halogens is 2. The maximum Gasteiger partial charge on any atom is 0.0454 e. The third-order valence-corrected chi connectivity index (χ3v) is 3.93. The molecule has 96 valence electrons. The first-order valence-corrected chi connectivity index (χ1v) is 7.97. The molecule has 5 heteroatoms. The first-order chi connectivity index (χ1) is 8.00. The predicted octanol–water partition coefficient (Wildman–Crippen LogP) is 3.41. The number of nitrogens with one attached hydrogen (secondary N) is 1. The highest BCUT2D eigenvalue weighted by Crippen LogP contribution is 2.25. The molecule has 1 aromatic rings. The lowest BCUT2D eigenvalue weighted by molar-refractivity contribution is 0.571. The van der Waals surface area contributed by atoms with Crippen molar-refractivity contribution >= 4 is 34.0 Å². The topological polar surface area (TPSA) is 29.1 Å². The van der Waals surface area contributed by atoms with E-state index in [1.165, 1.54) is 0 Å². The predicted molar refractivity (Wildman–Crippen MR) is 76.4 cm³/mol. The Kier molecular flexibility index (Phi) is 6.49. The highest BCUT2D eigenvalue weighted by atomic mass is 35.5. The number of hydrogen-bond donors (Lipinski definition) is 1. The van der Waals surface area contributed by atoms with E-state index in [-0.39, 0.29) is 6.04 Å². The Labute approximate surface area is 115 Å². The molecule has 0 radical (unpaired) electrons. The molecule has 0 bridgehead atoms. The molecule has 2 unspecified atom stereocenters. The second-order valence-corrected chi connectivity index (χ2v) is 6.37. The largest absolute Gasteiger partial charge is 0.310 e. The summed E-state index contributed by atoms with van der Waals surface area (Å²) in [6.07, 6.45) is 2.61. The first-order valence-electron chi connectivity index (χ1n) is 5.49. The van der Waals surface area contributed by atoms with Crippen molar-refractivity contribution in [1.82, 2.24) is 5.32 Å². The van der Waals surface area contributed by atoms with Crippen LogP contribution in [-0.2, 0) is 10.8 Å². The fraction of sp³-hybridized carbons (Fsp3) is 0.500. The van der Waals surface area contributed by atoms with Crippen molar-refractivity contribution in [3.63, 3.8) is 0 Å². The van der Waals surface area contributed by atoms with Gasteiger partial charge >= 0.3 is 0 Å². The van der Waals surface area contributed by atoms with Gasteiger partial charge in [-0.25, -0.2) is 0 Å². The van der Waals surface area contributed by atoms with Crippen molar-refractivity contribution < 1.29 is 4.21 Å². The maximum atomic E-state index is 10.9. The molecule has 0 spiro atoms. The van der Waals surface area contributed by atoms with Crippen LogP contribution in [0.4, 0.5) is 0 Å². The lowest BCUT2D eigenvalue weighted by atomic mass is 10.1. The van der Waals surface area contributed by atoms with E-state index in [2.05, 4.69) is 5.32 Å². The van der Waals surface area contributed by atoms with Gasteiger partial charge in [0.2, 0.25) is 0 Å². The van der Waals surface area contributed by atoms with E-state index in [4.69, 9.17) is 23.2 Å². The zero-order chi connectivity index (χ0) is 12.8. The fourth-order valence-corrected chi connectivity index (χ4v) is 2.56. The van der Waals surface area contributed by atoms with Crippen molar-refractivity contribution in [3.8, 4) is 0 Å². The summed E-state index contributed by atoms with van der Waals surface area (Å²) < 4.78 is 10.9. The van der Waals surface area contributed by atoms with Crippen LogP contribution in [0.15, 0.2) is 18.2 Å². The van der Waals surface area contributed by atoms with E-state index in [0.717, 1.165) is 24.3 Å². The molecule has 0 saturated carbocycles. The van der Waals surface area contributed by atoms with Gasteiger partial charge in [0, 0.05) is 38.9 Å². The molecule has 0 aliphatic rings. The molecular formula is C12H17Cl2NOS. The summed E-state index contributed by atoms with van der Waals surface area (Å²) >= 11 is 12.0. The minimum Gasteiger partial charge on any atom is -0.310 e. The number of benzene rings is 1. The van der Waals surface area contributed by atoms with Crippen LogP contribution in [-0.4, -0.2) is 22.8 Å². The van der Waals surface area contributed by atoms with Crippen LogP contribution in [0.2, 0.25) is 10.0 Å². The van der Waals surface area contributed by atoms with E-state index in [1.54, 1.807) is 18.4 Å². The van der Waals surface area contributed by atoms with Gasteiger partial charge in [-0.1, -0.05) is 23.2 Å². The molecule has 0 fully saturated rings. The molecule has 0 amide bonds. The molecule has 0 heterocycles. The van der Waals surface area contributed by atoms with Crippen molar-refractivity contribution in [1.29, 1.82) is 0 Å². The van der Waals surface area contributed by atoms with E-state index in [9.17, 15) is 4.21 Å². The SMILES string of the molecule is CC(NCCCS(C)=O)c1cc(Cl)ccc1Cl. The quantitative estimate of drug-likeness (QED) is 0.815. The molecule has 2 nitrogen and oxygen atoms in total. The van der Waals surface area contributed by atoms with Crippen LogP contribution < -0.4 is 5.32 Å². The molecule has 1 N–H and O–H groups in total. The van der Waals surface area contributed by atoms with Gasteiger partial charge in [-0.3, -0.25) is 4.21 Å². The minimum absolute atomic E-state index is 0.145. The molecule has 1 rings (SSSR count). The molecule has 0 aromatic heterocycles. The highest BCUT2D eigenvalue weighted by Gasteiger charge is 2.09. The molecule has 0 aliphatic heterocycles. The van der Waals surface area contributed by atoms with Gasteiger partial charge in [-0.2, -0.15) is 0 Å². The Hall–Kier alpha value is -0.0900. The van der Waals surface area contributed by atoms with Crippen LogP contribution in [0.5, 0.6) is 0 Å². The van der Waals surface area contributed by atoms with Crippen LogP contribution in [0.3, 0.4) is 0 Å². The summed E-state index contributed by atoms with van der Waals surface area (Å²) in [5.74, 6) is 0.725. The summed E-state index contributed by atoms with van der Waals surface area (Å²) in [4.78, 5) is 0. The number of rotatable bonds is 6. The monoisotopic (exact) mass is 293 g/mol. The van der Waals surface area contributed by atoms with Crippen molar-refractivity contribution in [2.75, 3.05) is 18.6 Å². The Bertz CT molecular complexity index is 398. The maximum absolute atomic E-state index is 10.9. The Morgan fingerprint density at radius 1 is 1.41 bits per heavy atom. The summed E-state index contributed by atoms with van der Waals surface area (Å²) in [5.41, 5.74) is 0.997. The van der Waals surface area contributed by atoms with Crippen molar-refractivity contribution in [3.05, 3.63) is 33.8 Å². The first kappa shape index (κ1) is 15.0. The minimum atomic E-state index is -0.720. The van der Waals surface area contributed by atoms with E-state index in [1.807, 2.05) is 13.0 Å². The molecule has 0 aliphatic carbocycles. The van der Waals surface area contributed by atoms with Crippen LogP contribution in [0.1, 0.15) is 24.9 Å². The van der Waals surface area contributed by atoms with Crippen LogP contribution >= 0.6 is 23.2 Å². The summed E-state index contributed by atoms with van der Waals surface area (Å²) in [7, 11) is -0.720. The normalized spacial score (nSPS) is 14.6. The van der Waals surface area contributed by atoms with Gasteiger partial charge in [0.05, 0.1) is 0 Å². The van der Waals surface area contributed by atoms with Gasteiger partial charge in [-0.15, -0.1) is 0 Å². The van der Waals surface area contributed by atoms with E-state index >= 15 is 0 Å². The Morgan fingerprint density at radius 3 is 2.76 bits per heavy atom. The second-order valence-electron chi connectivity index (χ2n) is 3.97. The molecule has 1 aromatic carbocycles. The van der Waals surface area contributed by atoms with Crippen molar-refractivity contribution in [2.45, 2.75) is 19.4 Å². The molecule has 0 saturated heterocycles.